The number of nitrogens with one attached hydrogen (secondary N) is 1. The van der Waals surface area contributed by atoms with E-state index in [1.54, 1.807) is 6.20 Å². The monoisotopic (exact) mass is 249 g/mol. The van der Waals surface area contributed by atoms with E-state index in [9.17, 15) is 0 Å². The van der Waals surface area contributed by atoms with Crippen molar-refractivity contribution in [3.63, 3.8) is 0 Å². The quantitative estimate of drug-likeness (QED) is 0.887. The first-order valence-electron chi connectivity index (χ1n) is 5.34. The summed E-state index contributed by atoms with van der Waals surface area (Å²) < 4.78 is 1.96. The van der Waals surface area contributed by atoms with Crippen LogP contribution in [0, 0.1) is 6.92 Å². The number of aryl methyl sites for hydroxylation is 1. The number of pyridine rings is 1. The zero-order chi connectivity index (χ0) is 12.3. The fourth-order valence-corrected chi connectivity index (χ4v) is 2.31. The van der Waals surface area contributed by atoms with E-state index in [4.69, 9.17) is 0 Å². The molecule has 1 N–H and O–H groups in total. The van der Waals surface area contributed by atoms with Gasteiger partial charge in [0.2, 0.25) is 0 Å². The highest BCUT2D eigenvalue weighted by molar-refractivity contribution is 7.99. The van der Waals surface area contributed by atoms with Gasteiger partial charge in [-0.25, -0.2) is 4.98 Å². The summed E-state index contributed by atoms with van der Waals surface area (Å²) in [5.74, 6) is 0.901. The van der Waals surface area contributed by atoms with Crippen molar-refractivity contribution in [1.82, 2.24) is 25.1 Å². The molecule has 0 bridgehead atoms. The topological polar surface area (TPSA) is 55.6 Å². The predicted octanol–water partition coefficient (Wildman–Crippen LogP) is 1.39. The van der Waals surface area contributed by atoms with Gasteiger partial charge in [-0.15, -0.1) is 10.2 Å². The van der Waals surface area contributed by atoms with Crippen molar-refractivity contribution in [2.45, 2.75) is 23.7 Å². The van der Waals surface area contributed by atoms with Crippen LogP contribution >= 0.6 is 11.8 Å². The minimum absolute atomic E-state index is 0.799. The Balaban J connectivity index is 2.26. The molecule has 0 amide bonds. The van der Waals surface area contributed by atoms with Crippen molar-refractivity contribution in [1.29, 1.82) is 0 Å². The number of hydrogen-bond donors (Lipinski definition) is 1. The third-order valence-corrected chi connectivity index (χ3v) is 3.56. The molecule has 2 aromatic rings. The summed E-state index contributed by atoms with van der Waals surface area (Å²) in [5.41, 5.74) is 1.17. The molecule has 0 radical (unpaired) electrons. The van der Waals surface area contributed by atoms with Crippen LogP contribution in [0.3, 0.4) is 0 Å². The van der Waals surface area contributed by atoms with Crippen molar-refractivity contribution in [3.05, 3.63) is 29.7 Å². The van der Waals surface area contributed by atoms with Crippen LogP contribution in [0.1, 0.15) is 11.4 Å². The maximum atomic E-state index is 4.38. The molecule has 0 aliphatic heterocycles. The summed E-state index contributed by atoms with van der Waals surface area (Å²) >= 11 is 1.54. The fraction of sp³-hybridized carbons (Fsp3) is 0.364. The minimum Gasteiger partial charge on any atom is -0.316 e. The molecule has 0 saturated heterocycles. The standard InChI is InChI=1S/C11H15N5S/c1-8-14-15-11(16(8)3)17-10-9(7-12-2)5-4-6-13-10/h4-6,12H,7H2,1-3H3. The van der Waals surface area contributed by atoms with E-state index in [1.165, 1.54) is 17.3 Å². The van der Waals surface area contributed by atoms with Crippen molar-refractivity contribution >= 4 is 11.8 Å². The Morgan fingerprint density at radius 1 is 1.41 bits per heavy atom. The summed E-state index contributed by atoms with van der Waals surface area (Å²) in [4.78, 5) is 4.38. The normalized spacial score (nSPS) is 10.8. The van der Waals surface area contributed by atoms with Gasteiger partial charge in [-0.05, 0) is 37.4 Å². The molecule has 0 aliphatic carbocycles. The Morgan fingerprint density at radius 3 is 2.88 bits per heavy atom. The first-order chi connectivity index (χ1) is 8.22. The number of aromatic nitrogens is 4. The zero-order valence-electron chi connectivity index (χ0n) is 10.1. The third kappa shape index (κ3) is 2.65. The van der Waals surface area contributed by atoms with Crippen LogP contribution in [0.4, 0.5) is 0 Å². The molecule has 0 spiro atoms. The van der Waals surface area contributed by atoms with Crippen LogP contribution in [0.2, 0.25) is 0 Å². The van der Waals surface area contributed by atoms with Gasteiger partial charge >= 0.3 is 0 Å². The second-order valence-corrected chi connectivity index (χ2v) is 4.64. The second kappa shape index (κ2) is 5.29. The van der Waals surface area contributed by atoms with Crippen LogP contribution in [-0.2, 0) is 13.6 Å². The molecule has 0 unspecified atom stereocenters. The van der Waals surface area contributed by atoms with Gasteiger partial charge in [0.05, 0.1) is 0 Å². The molecule has 0 saturated carbocycles. The molecule has 2 aromatic heterocycles. The molecule has 6 heteroatoms. The highest BCUT2D eigenvalue weighted by atomic mass is 32.2. The minimum atomic E-state index is 0.799. The van der Waals surface area contributed by atoms with Crippen LogP contribution in [0.15, 0.2) is 28.5 Å². The van der Waals surface area contributed by atoms with Crippen molar-refractivity contribution in [2.24, 2.45) is 7.05 Å². The Morgan fingerprint density at radius 2 is 2.24 bits per heavy atom. The summed E-state index contributed by atoms with van der Waals surface area (Å²) in [6.45, 7) is 2.73. The molecular formula is C11H15N5S. The number of rotatable bonds is 4. The lowest BCUT2D eigenvalue weighted by atomic mass is 10.3. The van der Waals surface area contributed by atoms with Gasteiger partial charge in [-0.3, -0.25) is 0 Å². The van der Waals surface area contributed by atoms with Crippen molar-refractivity contribution < 1.29 is 0 Å². The van der Waals surface area contributed by atoms with Gasteiger partial charge < -0.3 is 9.88 Å². The van der Waals surface area contributed by atoms with E-state index in [-0.39, 0.29) is 0 Å². The molecule has 2 rings (SSSR count). The smallest absolute Gasteiger partial charge is 0.197 e. The van der Waals surface area contributed by atoms with E-state index < -0.39 is 0 Å². The first-order valence-corrected chi connectivity index (χ1v) is 6.16. The SMILES string of the molecule is CNCc1cccnc1Sc1nnc(C)n1C. The largest absolute Gasteiger partial charge is 0.316 e. The highest BCUT2D eigenvalue weighted by Crippen LogP contribution is 2.26. The van der Waals surface area contributed by atoms with Gasteiger partial charge in [-0.2, -0.15) is 0 Å². The summed E-state index contributed by atoms with van der Waals surface area (Å²) in [6, 6.07) is 4.01. The van der Waals surface area contributed by atoms with Crippen molar-refractivity contribution in [2.75, 3.05) is 7.05 Å². The fourth-order valence-electron chi connectivity index (χ4n) is 1.40. The first kappa shape index (κ1) is 12.1. The van der Waals surface area contributed by atoms with E-state index in [1.807, 2.05) is 31.7 Å². The van der Waals surface area contributed by atoms with Crippen molar-refractivity contribution in [3.8, 4) is 0 Å². The van der Waals surface area contributed by atoms with E-state index >= 15 is 0 Å². The number of nitrogens with zero attached hydrogens (tertiary/aromatic N) is 4. The molecule has 0 aromatic carbocycles. The highest BCUT2D eigenvalue weighted by Gasteiger charge is 2.10. The lowest BCUT2D eigenvalue weighted by molar-refractivity contribution is 0.759. The van der Waals surface area contributed by atoms with Gasteiger partial charge in [0.15, 0.2) is 5.16 Å². The summed E-state index contributed by atoms with van der Waals surface area (Å²) in [5, 5.41) is 13.1. The summed E-state index contributed by atoms with van der Waals surface area (Å²) in [7, 11) is 3.88. The van der Waals surface area contributed by atoms with Crippen LogP contribution < -0.4 is 5.32 Å². The van der Waals surface area contributed by atoms with E-state index in [0.717, 1.165) is 22.6 Å². The van der Waals surface area contributed by atoms with E-state index in [2.05, 4.69) is 26.6 Å². The second-order valence-electron chi connectivity index (χ2n) is 3.69. The maximum Gasteiger partial charge on any atom is 0.197 e. The Bertz CT molecular complexity index is 508. The Hall–Kier alpha value is -1.40. The average Bonchev–Trinajstić information content (AvgIpc) is 2.64. The lowest BCUT2D eigenvalue weighted by Gasteiger charge is -2.06. The van der Waals surface area contributed by atoms with Gasteiger partial charge in [0, 0.05) is 19.8 Å². The molecule has 0 atom stereocenters. The molecular weight excluding hydrogens is 234 g/mol. The van der Waals surface area contributed by atoms with E-state index in [0.29, 0.717) is 0 Å². The zero-order valence-corrected chi connectivity index (χ0v) is 11.0. The Labute approximate surface area is 105 Å². The Kier molecular flexibility index (Phi) is 3.75. The van der Waals surface area contributed by atoms with Crippen LogP contribution in [0.5, 0.6) is 0 Å². The van der Waals surface area contributed by atoms with Crippen LogP contribution in [0.25, 0.3) is 0 Å². The average molecular weight is 249 g/mol. The molecule has 17 heavy (non-hydrogen) atoms. The van der Waals surface area contributed by atoms with Gasteiger partial charge in [-0.1, -0.05) is 6.07 Å². The van der Waals surface area contributed by atoms with Crippen LogP contribution in [-0.4, -0.2) is 26.8 Å². The lowest BCUT2D eigenvalue weighted by Crippen LogP contribution is -2.07. The summed E-state index contributed by atoms with van der Waals surface area (Å²) in [6.07, 6.45) is 1.80. The predicted molar refractivity (Wildman–Crippen MR) is 66.9 cm³/mol. The molecule has 0 aliphatic rings. The molecule has 90 valence electrons. The molecule has 2 heterocycles. The van der Waals surface area contributed by atoms with Gasteiger partial charge in [0.1, 0.15) is 10.9 Å². The van der Waals surface area contributed by atoms with Gasteiger partial charge in [0.25, 0.3) is 0 Å². The maximum absolute atomic E-state index is 4.38. The molecule has 5 nitrogen and oxygen atoms in total. The number of hydrogen-bond acceptors (Lipinski definition) is 5. The third-order valence-electron chi connectivity index (χ3n) is 2.46. The molecule has 0 fully saturated rings.